The number of ether oxygens (including phenoxy) is 1. The van der Waals surface area contributed by atoms with Crippen molar-refractivity contribution in [3.8, 4) is 0 Å². The van der Waals surface area contributed by atoms with Crippen LogP contribution in [0.4, 0.5) is 0 Å². The van der Waals surface area contributed by atoms with Crippen LogP contribution >= 0.6 is 0 Å². The first kappa shape index (κ1) is 15.4. The Morgan fingerprint density at radius 2 is 2.17 bits per heavy atom. The van der Waals surface area contributed by atoms with Crippen molar-refractivity contribution in [1.29, 1.82) is 0 Å². The Hall–Kier alpha value is -0.660. The number of carbonyl (C=O) groups excluding carboxylic acids is 1. The standard InChI is InChI=1S/C11H22N2O4S/c1-3-12-11(14)8-13(4-2)18(15,16)9-10-6-5-7-17-10/h10H,3-9H2,1-2H3,(H,12,14). The zero-order valence-corrected chi connectivity index (χ0v) is 11.8. The first-order chi connectivity index (χ1) is 8.49. The molecule has 0 aliphatic carbocycles. The van der Waals surface area contributed by atoms with Crippen molar-refractivity contribution in [3.05, 3.63) is 0 Å². The molecule has 0 aromatic carbocycles. The lowest BCUT2D eigenvalue weighted by Crippen LogP contribution is -2.43. The third-order valence-corrected chi connectivity index (χ3v) is 4.83. The van der Waals surface area contributed by atoms with Crippen LogP contribution in [-0.4, -0.2) is 56.7 Å². The molecule has 1 atom stereocenters. The predicted octanol–water partition coefficient (Wildman–Crippen LogP) is -0.0468. The minimum Gasteiger partial charge on any atom is -0.377 e. The lowest BCUT2D eigenvalue weighted by atomic mass is 10.3. The highest BCUT2D eigenvalue weighted by Gasteiger charge is 2.28. The first-order valence-electron chi connectivity index (χ1n) is 6.35. The van der Waals surface area contributed by atoms with Gasteiger partial charge in [0.1, 0.15) is 0 Å². The van der Waals surface area contributed by atoms with Crippen LogP contribution in [0.3, 0.4) is 0 Å². The van der Waals surface area contributed by atoms with Gasteiger partial charge in [0, 0.05) is 19.7 Å². The summed E-state index contributed by atoms with van der Waals surface area (Å²) >= 11 is 0. The molecular weight excluding hydrogens is 256 g/mol. The molecule has 1 saturated heterocycles. The molecule has 6 nitrogen and oxygen atoms in total. The van der Waals surface area contributed by atoms with Gasteiger partial charge >= 0.3 is 0 Å². The fourth-order valence-corrected chi connectivity index (χ4v) is 3.59. The molecule has 0 spiro atoms. The van der Waals surface area contributed by atoms with Gasteiger partial charge in [-0.25, -0.2) is 8.42 Å². The van der Waals surface area contributed by atoms with Gasteiger partial charge in [-0.3, -0.25) is 4.79 Å². The second kappa shape index (κ2) is 7.06. The van der Waals surface area contributed by atoms with Gasteiger partial charge < -0.3 is 10.1 Å². The molecule has 0 bridgehead atoms. The van der Waals surface area contributed by atoms with Gasteiger partial charge in [0.15, 0.2) is 0 Å². The van der Waals surface area contributed by atoms with Crippen molar-refractivity contribution in [2.75, 3.05) is 32.0 Å². The van der Waals surface area contributed by atoms with Crippen LogP contribution in [-0.2, 0) is 19.6 Å². The third-order valence-electron chi connectivity index (χ3n) is 2.86. The average molecular weight is 278 g/mol. The Morgan fingerprint density at radius 3 is 2.67 bits per heavy atom. The van der Waals surface area contributed by atoms with E-state index in [1.165, 1.54) is 4.31 Å². The minimum absolute atomic E-state index is 0.0275. The van der Waals surface area contributed by atoms with Crippen LogP contribution in [0.5, 0.6) is 0 Å². The van der Waals surface area contributed by atoms with Crippen molar-refractivity contribution in [1.82, 2.24) is 9.62 Å². The number of hydrogen-bond donors (Lipinski definition) is 1. The van der Waals surface area contributed by atoms with Gasteiger partial charge in [-0.1, -0.05) is 6.92 Å². The number of carbonyl (C=O) groups is 1. The Bertz CT molecular complexity index is 363. The summed E-state index contributed by atoms with van der Waals surface area (Å²) in [7, 11) is -3.42. The average Bonchev–Trinajstić information content (AvgIpc) is 2.78. The van der Waals surface area contributed by atoms with Gasteiger partial charge in [-0.05, 0) is 19.8 Å². The molecule has 0 saturated carbocycles. The number of hydrogen-bond acceptors (Lipinski definition) is 4. The van der Waals surface area contributed by atoms with E-state index in [0.29, 0.717) is 19.7 Å². The molecule has 1 unspecified atom stereocenters. The summed E-state index contributed by atoms with van der Waals surface area (Å²) in [6, 6.07) is 0. The predicted molar refractivity (Wildman–Crippen MR) is 68.7 cm³/mol. The lowest BCUT2D eigenvalue weighted by molar-refractivity contribution is -0.121. The summed E-state index contributed by atoms with van der Waals surface area (Å²) in [6.07, 6.45) is 1.46. The molecule has 18 heavy (non-hydrogen) atoms. The van der Waals surface area contributed by atoms with Crippen molar-refractivity contribution in [3.63, 3.8) is 0 Å². The van der Waals surface area contributed by atoms with E-state index in [1.54, 1.807) is 13.8 Å². The zero-order valence-electron chi connectivity index (χ0n) is 11.0. The summed E-state index contributed by atoms with van der Waals surface area (Å²) < 4.78 is 30.8. The summed E-state index contributed by atoms with van der Waals surface area (Å²) in [5.41, 5.74) is 0. The molecule has 1 aliphatic heterocycles. The largest absolute Gasteiger partial charge is 0.377 e. The van der Waals surface area contributed by atoms with Gasteiger partial charge in [0.2, 0.25) is 15.9 Å². The van der Waals surface area contributed by atoms with E-state index in [1.807, 2.05) is 0 Å². The number of nitrogens with one attached hydrogen (secondary N) is 1. The van der Waals surface area contributed by atoms with Crippen LogP contribution in [0.1, 0.15) is 26.7 Å². The fraction of sp³-hybridized carbons (Fsp3) is 0.909. The van der Waals surface area contributed by atoms with Crippen molar-refractivity contribution < 1.29 is 17.9 Å². The summed E-state index contributed by atoms with van der Waals surface area (Å²) in [4.78, 5) is 11.4. The second-order valence-electron chi connectivity index (χ2n) is 4.29. The van der Waals surface area contributed by atoms with Crippen molar-refractivity contribution in [2.24, 2.45) is 0 Å². The normalized spacial score (nSPS) is 20.3. The van der Waals surface area contributed by atoms with Gasteiger partial charge in [-0.2, -0.15) is 4.31 Å². The third kappa shape index (κ3) is 4.55. The SMILES string of the molecule is CCNC(=O)CN(CC)S(=O)(=O)CC1CCCO1. The van der Waals surface area contributed by atoms with Crippen LogP contribution in [0.2, 0.25) is 0 Å². The molecule has 1 fully saturated rings. The topological polar surface area (TPSA) is 75.7 Å². The maximum atomic E-state index is 12.1. The van der Waals surface area contributed by atoms with Crippen molar-refractivity contribution >= 4 is 15.9 Å². The molecule has 1 heterocycles. The molecule has 1 aliphatic rings. The molecule has 7 heteroatoms. The molecular formula is C11H22N2O4S. The van der Waals surface area contributed by atoms with Gasteiger partial charge in [0.05, 0.1) is 18.4 Å². The number of likely N-dealkylation sites (N-methyl/N-ethyl adjacent to an activating group) is 2. The molecule has 1 rings (SSSR count). The molecule has 106 valence electrons. The number of amides is 1. The summed E-state index contributed by atoms with van der Waals surface area (Å²) in [5.74, 6) is -0.296. The highest BCUT2D eigenvalue weighted by atomic mass is 32.2. The minimum atomic E-state index is -3.42. The summed E-state index contributed by atoms with van der Waals surface area (Å²) in [6.45, 7) is 4.84. The van der Waals surface area contributed by atoms with E-state index < -0.39 is 10.0 Å². The Labute approximate surface area is 109 Å². The van der Waals surface area contributed by atoms with E-state index in [4.69, 9.17) is 4.74 Å². The highest BCUT2D eigenvalue weighted by Crippen LogP contribution is 2.15. The van der Waals surface area contributed by atoms with Crippen LogP contribution in [0, 0.1) is 0 Å². The molecule has 0 aromatic heterocycles. The van der Waals surface area contributed by atoms with E-state index >= 15 is 0 Å². The number of sulfonamides is 1. The van der Waals surface area contributed by atoms with E-state index in [0.717, 1.165) is 12.8 Å². The maximum Gasteiger partial charge on any atom is 0.235 e. The maximum absolute atomic E-state index is 12.1. The van der Waals surface area contributed by atoms with Crippen molar-refractivity contribution in [2.45, 2.75) is 32.8 Å². The summed E-state index contributed by atoms with van der Waals surface area (Å²) in [5, 5.41) is 2.60. The van der Waals surface area contributed by atoms with E-state index in [2.05, 4.69) is 5.32 Å². The molecule has 1 amide bonds. The Balaban J connectivity index is 2.58. The number of rotatable bonds is 7. The monoisotopic (exact) mass is 278 g/mol. The second-order valence-corrected chi connectivity index (χ2v) is 6.31. The molecule has 1 N–H and O–H groups in total. The Kier molecular flexibility index (Phi) is 6.04. The Morgan fingerprint density at radius 1 is 1.44 bits per heavy atom. The van der Waals surface area contributed by atoms with E-state index in [9.17, 15) is 13.2 Å². The fourth-order valence-electron chi connectivity index (χ4n) is 1.94. The highest BCUT2D eigenvalue weighted by molar-refractivity contribution is 7.89. The number of nitrogens with zero attached hydrogens (tertiary/aromatic N) is 1. The van der Waals surface area contributed by atoms with Crippen LogP contribution < -0.4 is 5.32 Å². The van der Waals surface area contributed by atoms with Crippen LogP contribution in [0.15, 0.2) is 0 Å². The first-order valence-corrected chi connectivity index (χ1v) is 7.96. The van der Waals surface area contributed by atoms with Crippen LogP contribution in [0.25, 0.3) is 0 Å². The molecule has 0 aromatic rings. The quantitative estimate of drug-likeness (QED) is 0.708. The van der Waals surface area contributed by atoms with Gasteiger partial charge in [-0.15, -0.1) is 0 Å². The van der Waals surface area contributed by atoms with Gasteiger partial charge in [0.25, 0.3) is 0 Å². The van der Waals surface area contributed by atoms with E-state index in [-0.39, 0.29) is 24.3 Å². The molecule has 0 radical (unpaired) electrons. The lowest BCUT2D eigenvalue weighted by Gasteiger charge is -2.21. The smallest absolute Gasteiger partial charge is 0.235 e. The zero-order chi connectivity index (χ0) is 13.6.